The fraction of sp³-hybridized carbons (Fsp3) is 0.533. The van der Waals surface area contributed by atoms with E-state index in [2.05, 4.69) is 67.9 Å². The molecule has 166 valence electrons. The molecule has 0 radical (unpaired) electrons. The molecule has 1 aromatic rings. The molecular formula is C30H35NO. The lowest BCUT2D eigenvalue weighted by atomic mass is 9.57. The lowest BCUT2D eigenvalue weighted by Gasteiger charge is -2.47. The van der Waals surface area contributed by atoms with Gasteiger partial charge in [0.15, 0.2) is 0 Å². The topological polar surface area (TPSA) is 31.2 Å². The number of ether oxygens (including phenoxy) is 1. The van der Waals surface area contributed by atoms with Gasteiger partial charge in [0, 0.05) is 11.5 Å². The summed E-state index contributed by atoms with van der Waals surface area (Å²) in [6.45, 7) is 10.4. The molecule has 1 N–H and O–H groups in total. The first-order chi connectivity index (χ1) is 15.6. The summed E-state index contributed by atoms with van der Waals surface area (Å²) in [7, 11) is 0. The van der Waals surface area contributed by atoms with Crippen LogP contribution in [0.25, 0.3) is 0 Å². The minimum Gasteiger partial charge on any atom is -0.485 e. The van der Waals surface area contributed by atoms with Crippen LogP contribution < -0.4 is 10.1 Å². The Balaban J connectivity index is 1.51. The van der Waals surface area contributed by atoms with E-state index in [0.29, 0.717) is 11.8 Å². The van der Waals surface area contributed by atoms with Crippen molar-refractivity contribution >= 4 is 0 Å². The van der Waals surface area contributed by atoms with Crippen LogP contribution in [0.2, 0.25) is 0 Å². The van der Waals surface area contributed by atoms with E-state index in [9.17, 15) is 0 Å². The first-order valence-corrected chi connectivity index (χ1v) is 12.6. The second kappa shape index (κ2) is 7.13. The quantitative estimate of drug-likeness (QED) is 0.328. The van der Waals surface area contributed by atoms with Gasteiger partial charge in [-0.1, -0.05) is 29.7 Å². The summed E-state index contributed by atoms with van der Waals surface area (Å²) >= 11 is 0. The van der Waals surface area contributed by atoms with Crippen molar-refractivity contribution in [2.45, 2.75) is 88.8 Å². The molecule has 1 spiro atoms. The zero-order valence-electron chi connectivity index (χ0n) is 19.8. The normalized spacial score (nSPS) is 39.5. The number of benzene rings is 1. The van der Waals surface area contributed by atoms with E-state index in [0.717, 1.165) is 24.5 Å². The lowest BCUT2D eigenvalue weighted by molar-refractivity contribution is 0.165. The molecule has 2 saturated carbocycles. The van der Waals surface area contributed by atoms with Crippen LogP contribution in [0.3, 0.4) is 0 Å². The third-order valence-electron chi connectivity index (χ3n) is 9.31. The highest BCUT2D eigenvalue weighted by Gasteiger charge is 2.76. The minimum atomic E-state index is 0.0641. The van der Waals surface area contributed by atoms with Crippen LogP contribution in [0.5, 0.6) is 5.75 Å². The zero-order chi connectivity index (χ0) is 22.1. The predicted molar refractivity (Wildman–Crippen MR) is 131 cm³/mol. The fourth-order valence-corrected chi connectivity index (χ4v) is 7.92. The summed E-state index contributed by atoms with van der Waals surface area (Å²) in [4.78, 5) is 0. The van der Waals surface area contributed by atoms with Crippen LogP contribution in [-0.2, 0) is 0 Å². The first kappa shape index (κ1) is 20.4. The van der Waals surface area contributed by atoms with E-state index in [-0.39, 0.29) is 17.2 Å². The third-order valence-corrected chi connectivity index (χ3v) is 9.31. The average Bonchev–Trinajstić information content (AvgIpc) is 3.30. The van der Waals surface area contributed by atoms with E-state index in [1.54, 1.807) is 16.7 Å². The van der Waals surface area contributed by atoms with Gasteiger partial charge in [0.25, 0.3) is 0 Å². The summed E-state index contributed by atoms with van der Waals surface area (Å²) in [6.07, 6.45) is 13.1. The third kappa shape index (κ3) is 2.58. The molecule has 2 heteroatoms. The zero-order valence-corrected chi connectivity index (χ0v) is 19.8. The second-order valence-corrected chi connectivity index (χ2v) is 10.6. The monoisotopic (exact) mass is 425 g/mol. The SMILES string of the molecule is C=CCCC1=C2C(c3ccc4c(c3)C(C)O4)CC34NC3(C#CC)CCC4C2CC/C1=C/C. The van der Waals surface area contributed by atoms with Crippen molar-refractivity contribution in [2.24, 2.45) is 11.8 Å². The van der Waals surface area contributed by atoms with Crippen molar-refractivity contribution in [3.05, 3.63) is 64.8 Å². The van der Waals surface area contributed by atoms with Crippen molar-refractivity contribution in [3.63, 3.8) is 0 Å². The molecule has 2 aliphatic heterocycles. The highest BCUT2D eigenvalue weighted by atomic mass is 16.5. The molecular weight excluding hydrogens is 390 g/mol. The molecule has 0 bridgehead atoms. The summed E-state index contributed by atoms with van der Waals surface area (Å²) in [5.74, 6) is 9.84. The molecule has 3 aliphatic carbocycles. The number of allylic oxidation sites excluding steroid dienone is 5. The molecule has 32 heavy (non-hydrogen) atoms. The van der Waals surface area contributed by atoms with Crippen molar-refractivity contribution in [2.75, 3.05) is 0 Å². The van der Waals surface area contributed by atoms with Gasteiger partial charge >= 0.3 is 0 Å². The van der Waals surface area contributed by atoms with Crippen molar-refractivity contribution in [3.8, 4) is 17.6 Å². The van der Waals surface area contributed by atoms with Crippen LogP contribution in [-0.4, -0.2) is 11.1 Å². The number of fused-ring (bicyclic) bond motifs is 3. The molecule has 0 aromatic heterocycles. The van der Waals surface area contributed by atoms with Gasteiger partial charge in [-0.25, -0.2) is 0 Å². The smallest absolute Gasteiger partial charge is 0.127 e. The number of hydrogen-bond acceptors (Lipinski definition) is 2. The molecule has 5 aliphatic rings. The van der Waals surface area contributed by atoms with Crippen molar-refractivity contribution < 1.29 is 4.74 Å². The maximum Gasteiger partial charge on any atom is 0.127 e. The molecule has 2 heterocycles. The van der Waals surface area contributed by atoms with Gasteiger partial charge in [0.1, 0.15) is 11.9 Å². The van der Waals surface area contributed by atoms with Crippen LogP contribution in [0, 0.1) is 23.7 Å². The second-order valence-electron chi connectivity index (χ2n) is 10.6. The van der Waals surface area contributed by atoms with Gasteiger partial charge in [-0.15, -0.1) is 12.5 Å². The van der Waals surface area contributed by atoms with E-state index >= 15 is 0 Å². The Morgan fingerprint density at radius 1 is 1.31 bits per heavy atom. The maximum atomic E-state index is 5.82. The molecule has 6 unspecified atom stereocenters. The van der Waals surface area contributed by atoms with Gasteiger partial charge < -0.3 is 4.74 Å². The Morgan fingerprint density at radius 2 is 2.19 bits per heavy atom. The van der Waals surface area contributed by atoms with E-state index in [1.165, 1.54) is 43.2 Å². The Bertz CT molecular complexity index is 1110. The largest absolute Gasteiger partial charge is 0.485 e. The summed E-state index contributed by atoms with van der Waals surface area (Å²) in [5, 5.41) is 4.01. The van der Waals surface area contributed by atoms with E-state index in [4.69, 9.17) is 4.74 Å². The minimum absolute atomic E-state index is 0.0641. The van der Waals surface area contributed by atoms with Gasteiger partial charge in [0.2, 0.25) is 0 Å². The number of rotatable bonds is 4. The van der Waals surface area contributed by atoms with Crippen LogP contribution >= 0.6 is 0 Å². The average molecular weight is 426 g/mol. The van der Waals surface area contributed by atoms with Crippen molar-refractivity contribution in [1.29, 1.82) is 0 Å². The summed E-state index contributed by atoms with van der Waals surface area (Å²) < 4.78 is 5.82. The highest BCUT2D eigenvalue weighted by Crippen LogP contribution is 2.68. The molecule has 1 saturated heterocycles. The van der Waals surface area contributed by atoms with Crippen LogP contribution in [0.1, 0.15) is 88.9 Å². The van der Waals surface area contributed by atoms with Crippen molar-refractivity contribution in [1.82, 2.24) is 5.32 Å². The molecule has 6 atom stereocenters. The lowest BCUT2D eigenvalue weighted by Crippen LogP contribution is -2.43. The summed E-state index contributed by atoms with van der Waals surface area (Å²) in [5.41, 5.74) is 8.12. The number of nitrogens with one attached hydrogen (secondary N) is 1. The van der Waals surface area contributed by atoms with E-state index in [1.807, 2.05) is 6.92 Å². The van der Waals surface area contributed by atoms with Gasteiger partial charge in [-0.3, -0.25) is 5.32 Å². The summed E-state index contributed by atoms with van der Waals surface area (Å²) in [6, 6.07) is 7.01. The number of hydrogen-bond donors (Lipinski definition) is 1. The van der Waals surface area contributed by atoms with Gasteiger partial charge in [0.05, 0.1) is 11.1 Å². The highest BCUT2D eigenvalue weighted by molar-refractivity contribution is 5.56. The van der Waals surface area contributed by atoms with Crippen LogP contribution in [0.4, 0.5) is 0 Å². The standard InChI is InChI=1S/C30H35NO/c1-5-8-9-22-20(7-3)10-12-23-26-14-16-29(15-6-2)30(26,31-29)18-25(28(22)23)21-11-13-27-24(17-21)19(4)32-27/h5,7,11,13,17,19,23,25-26,31H,1,8-10,12,14,16,18H2,2-4H3/b20-7-. The Labute approximate surface area is 193 Å². The van der Waals surface area contributed by atoms with E-state index < -0.39 is 0 Å². The van der Waals surface area contributed by atoms with Crippen LogP contribution in [0.15, 0.2) is 53.6 Å². The Kier molecular flexibility index (Phi) is 4.54. The maximum absolute atomic E-state index is 5.82. The molecule has 1 aromatic carbocycles. The van der Waals surface area contributed by atoms with Gasteiger partial charge in [-0.2, -0.15) is 0 Å². The van der Waals surface area contributed by atoms with Gasteiger partial charge in [-0.05, 0) is 106 Å². The molecule has 2 nitrogen and oxygen atoms in total. The Morgan fingerprint density at radius 3 is 2.94 bits per heavy atom. The molecule has 3 fully saturated rings. The molecule has 0 amide bonds. The molecule has 6 rings (SSSR count). The predicted octanol–water partition coefficient (Wildman–Crippen LogP) is 6.76. The first-order valence-electron chi connectivity index (χ1n) is 12.6. The fourth-order valence-electron chi connectivity index (χ4n) is 7.92. The number of piperidine rings is 1. The Hall–Kier alpha value is -2.24.